The van der Waals surface area contributed by atoms with E-state index in [1.54, 1.807) is 11.7 Å². The molecule has 0 radical (unpaired) electrons. The maximum absolute atomic E-state index is 11.1. The first-order chi connectivity index (χ1) is 7.72. The first kappa shape index (κ1) is 10.8. The molecule has 1 atom stereocenters. The van der Waals surface area contributed by atoms with Gasteiger partial charge < -0.3 is 14.3 Å². The Morgan fingerprint density at radius 1 is 1.62 bits per heavy atom. The molecule has 0 saturated heterocycles. The van der Waals surface area contributed by atoms with Crippen LogP contribution in [0.2, 0.25) is 0 Å². The van der Waals surface area contributed by atoms with Crippen molar-refractivity contribution in [2.45, 2.75) is 6.10 Å². The van der Waals surface area contributed by atoms with Crippen LogP contribution < -0.4 is 0 Å². The zero-order chi connectivity index (χ0) is 11.5. The lowest BCUT2D eigenvalue weighted by Crippen LogP contribution is -1.99. The van der Waals surface area contributed by atoms with Crippen molar-refractivity contribution in [2.75, 3.05) is 7.11 Å². The third-order valence-corrected chi connectivity index (χ3v) is 2.83. The molecular weight excluding hydrogens is 230 g/mol. The normalized spacial score (nSPS) is 12.4. The minimum Gasteiger partial charge on any atom is -0.463 e. The molecule has 0 bridgehead atoms. The van der Waals surface area contributed by atoms with Gasteiger partial charge in [-0.2, -0.15) is 0 Å². The average molecular weight is 239 g/mol. The quantitative estimate of drug-likeness (QED) is 0.824. The molecule has 2 rings (SSSR count). The van der Waals surface area contributed by atoms with Crippen molar-refractivity contribution in [3.63, 3.8) is 0 Å². The van der Waals surface area contributed by atoms with Gasteiger partial charge in [0.15, 0.2) is 0 Å². The average Bonchev–Trinajstić information content (AvgIpc) is 2.97. The highest BCUT2D eigenvalue weighted by atomic mass is 32.1. The zero-order valence-corrected chi connectivity index (χ0v) is 9.23. The van der Waals surface area contributed by atoms with Crippen LogP contribution in [0.25, 0.3) is 0 Å². The standard InChI is InChI=1S/C10H9NO4S/c1-14-10(13)7-3-2-6(15-7)9(12)8-4-11-5-16-8/h2-5,9,12H,1H3. The molecule has 2 heterocycles. The smallest absolute Gasteiger partial charge is 0.373 e. The first-order valence-corrected chi connectivity index (χ1v) is 5.35. The highest BCUT2D eigenvalue weighted by Gasteiger charge is 2.18. The molecule has 0 aliphatic heterocycles. The van der Waals surface area contributed by atoms with E-state index in [-0.39, 0.29) is 5.76 Å². The van der Waals surface area contributed by atoms with Gasteiger partial charge in [-0.15, -0.1) is 11.3 Å². The van der Waals surface area contributed by atoms with E-state index < -0.39 is 12.1 Å². The summed E-state index contributed by atoms with van der Waals surface area (Å²) in [6.07, 6.45) is 0.654. The minimum atomic E-state index is -0.897. The van der Waals surface area contributed by atoms with Gasteiger partial charge in [-0.25, -0.2) is 4.79 Å². The van der Waals surface area contributed by atoms with Crippen LogP contribution in [0.4, 0.5) is 0 Å². The Kier molecular flexibility index (Phi) is 3.02. The molecule has 2 aromatic rings. The summed E-state index contributed by atoms with van der Waals surface area (Å²) in [5, 5.41) is 9.87. The van der Waals surface area contributed by atoms with Crippen molar-refractivity contribution < 1.29 is 19.1 Å². The second-order valence-corrected chi connectivity index (χ2v) is 3.92. The van der Waals surface area contributed by atoms with Crippen LogP contribution >= 0.6 is 11.3 Å². The number of esters is 1. The molecule has 0 amide bonds. The van der Waals surface area contributed by atoms with E-state index in [9.17, 15) is 9.90 Å². The van der Waals surface area contributed by atoms with E-state index in [4.69, 9.17) is 4.42 Å². The Morgan fingerprint density at radius 2 is 2.44 bits per heavy atom. The summed E-state index contributed by atoms with van der Waals surface area (Å²) >= 11 is 1.31. The van der Waals surface area contributed by atoms with Crippen molar-refractivity contribution in [2.24, 2.45) is 0 Å². The molecule has 1 unspecified atom stereocenters. The summed E-state index contributed by atoms with van der Waals surface area (Å²) in [6, 6.07) is 3.00. The number of aliphatic hydroxyl groups is 1. The molecule has 0 aliphatic rings. The number of aromatic nitrogens is 1. The van der Waals surface area contributed by atoms with Gasteiger partial charge in [-0.3, -0.25) is 4.98 Å². The van der Waals surface area contributed by atoms with Crippen molar-refractivity contribution in [1.82, 2.24) is 4.98 Å². The van der Waals surface area contributed by atoms with Gasteiger partial charge >= 0.3 is 5.97 Å². The fourth-order valence-electron chi connectivity index (χ4n) is 1.21. The fraction of sp³-hybridized carbons (Fsp3) is 0.200. The van der Waals surface area contributed by atoms with E-state index in [0.717, 1.165) is 0 Å². The summed E-state index contributed by atoms with van der Waals surface area (Å²) in [4.78, 5) is 15.6. The van der Waals surface area contributed by atoms with Gasteiger partial charge in [0.2, 0.25) is 5.76 Å². The van der Waals surface area contributed by atoms with Crippen molar-refractivity contribution in [3.05, 3.63) is 40.2 Å². The fourth-order valence-corrected chi connectivity index (χ4v) is 1.82. The molecule has 0 aromatic carbocycles. The van der Waals surface area contributed by atoms with E-state index in [0.29, 0.717) is 10.6 Å². The number of hydrogen-bond donors (Lipinski definition) is 1. The largest absolute Gasteiger partial charge is 0.463 e. The zero-order valence-electron chi connectivity index (χ0n) is 8.41. The summed E-state index contributed by atoms with van der Waals surface area (Å²) in [5.74, 6) is -0.200. The topological polar surface area (TPSA) is 72.6 Å². The van der Waals surface area contributed by atoms with Gasteiger partial charge in [-0.1, -0.05) is 0 Å². The van der Waals surface area contributed by atoms with Crippen molar-refractivity contribution in [1.29, 1.82) is 0 Å². The Labute approximate surface area is 95.3 Å². The van der Waals surface area contributed by atoms with Gasteiger partial charge in [-0.05, 0) is 12.1 Å². The molecular formula is C10H9NO4S. The van der Waals surface area contributed by atoms with Crippen molar-refractivity contribution in [3.8, 4) is 0 Å². The molecule has 6 heteroatoms. The van der Waals surface area contributed by atoms with Crippen LogP contribution in [0.3, 0.4) is 0 Å². The number of rotatable bonds is 3. The number of nitrogens with zero attached hydrogens (tertiary/aromatic N) is 1. The Balaban J connectivity index is 2.22. The molecule has 0 aliphatic carbocycles. The monoisotopic (exact) mass is 239 g/mol. The Morgan fingerprint density at radius 3 is 3.06 bits per heavy atom. The van der Waals surface area contributed by atoms with Gasteiger partial charge in [0.25, 0.3) is 0 Å². The van der Waals surface area contributed by atoms with Crippen LogP contribution in [0.5, 0.6) is 0 Å². The molecule has 1 N–H and O–H groups in total. The predicted octanol–water partition coefficient (Wildman–Crippen LogP) is 1.60. The lowest BCUT2D eigenvalue weighted by Gasteiger charge is -2.03. The molecule has 5 nitrogen and oxygen atoms in total. The number of hydrogen-bond acceptors (Lipinski definition) is 6. The van der Waals surface area contributed by atoms with E-state index in [2.05, 4.69) is 9.72 Å². The third-order valence-electron chi connectivity index (χ3n) is 2.00. The predicted molar refractivity (Wildman–Crippen MR) is 56.2 cm³/mol. The number of carbonyl (C=O) groups is 1. The first-order valence-electron chi connectivity index (χ1n) is 4.47. The van der Waals surface area contributed by atoms with Gasteiger partial charge in [0, 0.05) is 6.20 Å². The Hall–Kier alpha value is -1.66. The van der Waals surface area contributed by atoms with Crippen LogP contribution in [0.1, 0.15) is 27.3 Å². The van der Waals surface area contributed by atoms with E-state index in [1.807, 2.05) is 0 Å². The molecule has 0 spiro atoms. The number of thiazole rings is 1. The number of methoxy groups -OCH3 is 1. The van der Waals surface area contributed by atoms with Crippen LogP contribution in [-0.4, -0.2) is 23.2 Å². The minimum absolute atomic E-state index is 0.0704. The highest BCUT2D eigenvalue weighted by molar-refractivity contribution is 7.09. The lowest BCUT2D eigenvalue weighted by molar-refractivity contribution is 0.0558. The lowest BCUT2D eigenvalue weighted by atomic mass is 10.2. The summed E-state index contributed by atoms with van der Waals surface area (Å²) in [6.45, 7) is 0. The van der Waals surface area contributed by atoms with Crippen LogP contribution in [-0.2, 0) is 4.74 Å². The molecule has 0 fully saturated rings. The van der Waals surface area contributed by atoms with E-state index >= 15 is 0 Å². The van der Waals surface area contributed by atoms with Gasteiger partial charge in [0.05, 0.1) is 17.5 Å². The maximum Gasteiger partial charge on any atom is 0.373 e. The Bertz CT molecular complexity index is 477. The second kappa shape index (κ2) is 4.46. The molecule has 84 valence electrons. The third kappa shape index (κ3) is 1.98. The molecule has 16 heavy (non-hydrogen) atoms. The highest BCUT2D eigenvalue weighted by Crippen LogP contribution is 2.26. The number of aliphatic hydroxyl groups excluding tert-OH is 1. The van der Waals surface area contributed by atoms with E-state index in [1.165, 1.54) is 30.6 Å². The SMILES string of the molecule is COC(=O)c1ccc(C(O)c2cncs2)o1. The number of ether oxygens (including phenoxy) is 1. The molecule has 0 saturated carbocycles. The summed E-state index contributed by atoms with van der Waals surface area (Å²) < 4.78 is 9.67. The second-order valence-electron chi connectivity index (χ2n) is 3.00. The molecule has 2 aromatic heterocycles. The van der Waals surface area contributed by atoms with Crippen LogP contribution in [0, 0.1) is 0 Å². The number of furan rings is 1. The number of carbonyl (C=O) groups excluding carboxylic acids is 1. The maximum atomic E-state index is 11.1. The van der Waals surface area contributed by atoms with Crippen molar-refractivity contribution >= 4 is 17.3 Å². The summed E-state index contributed by atoms with van der Waals surface area (Å²) in [7, 11) is 1.27. The van der Waals surface area contributed by atoms with Gasteiger partial charge in [0.1, 0.15) is 11.9 Å². The summed E-state index contributed by atoms with van der Waals surface area (Å²) in [5.41, 5.74) is 1.61. The van der Waals surface area contributed by atoms with Crippen LogP contribution in [0.15, 0.2) is 28.3 Å².